The highest BCUT2D eigenvalue weighted by Crippen LogP contribution is 2.22. The van der Waals surface area contributed by atoms with Crippen LogP contribution in [-0.2, 0) is 10.0 Å². The molecule has 0 aromatic heterocycles. The summed E-state index contributed by atoms with van der Waals surface area (Å²) in [5.74, 6) is 1.12. The lowest BCUT2D eigenvalue weighted by atomic mass is 10.2. The van der Waals surface area contributed by atoms with Crippen molar-refractivity contribution in [3.05, 3.63) is 22.7 Å². The number of anilines is 1. The van der Waals surface area contributed by atoms with Gasteiger partial charge in [0, 0.05) is 11.0 Å². The summed E-state index contributed by atoms with van der Waals surface area (Å²) in [5, 5.41) is 0. The zero-order valence-corrected chi connectivity index (χ0v) is 14.1. The number of benzene rings is 1. The number of nitrogens with one attached hydrogen (secondary N) is 1. The van der Waals surface area contributed by atoms with Crippen molar-refractivity contribution in [1.82, 2.24) is 4.72 Å². The van der Waals surface area contributed by atoms with Gasteiger partial charge in [-0.15, -0.1) is 0 Å². The summed E-state index contributed by atoms with van der Waals surface area (Å²) >= 11 is 5.05. The van der Waals surface area contributed by atoms with E-state index in [-0.39, 0.29) is 10.6 Å². The van der Waals surface area contributed by atoms with E-state index in [1.165, 1.54) is 6.07 Å². The molecule has 4 nitrogen and oxygen atoms in total. The summed E-state index contributed by atoms with van der Waals surface area (Å²) in [5.41, 5.74) is 5.96. The summed E-state index contributed by atoms with van der Waals surface area (Å²) < 4.78 is 27.4. The van der Waals surface area contributed by atoms with Crippen LogP contribution in [0.5, 0.6) is 0 Å². The number of unbranched alkanes of at least 4 members (excludes halogenated alkanes) is 2. The lowest BCUT2D eigenvalue weighted by Gasteiger charge is -2.09. The standard InChI is InChI=1S/C12H19BrN2O2S2/c1-18-8-4-2-3-7-15-19(16,17)12-9-10(13)5-6-11(12)14/h5-6,9,15H,2-4,7-8,14H2,1H3. The smallest absolute Gasteiger partial charge is 0.242 e. The van der Waals surface area contributed by atoms with Crippen molar-refractivity contribution in [3.8, 4) is 0 Å². The molecule has 0 amide bonds. The van der Waals surface area contributed by atoms with E-state index in [4.69, 9.17) is 5.73 Å². The zero-order chi connectivity index (χ0) is 14.3. The van der Waals surface area contributed by atoms with Gasteiger partial charge in [0.2, 0.25) is 10.0 Å². The Bertz CT molecular complexity index is 506. The Labute approximate surface area is 127 Å². The Morgan fingerprint density at radius 2 is 2.05 bits per heavy atom. The van der Waals surface area contributed by atoms with E-state index in [1.807, 2.05) is 0 Å². The molecule has 0 radical (unpaired) electrons. The van der Waals surface area contributed by atoms with Gasteiger partial charge in [-0.05, 0) is 43.0 Å². The van der Waals surface area contributed by atoms with Gasteiger partial charge < -0.3 is 5.73 Å². The van der Waals surface area contributed by atoms with Crippen molar-refractivity contribution < 1.29 is 8.42 Å². The highest BCUT2D eigenvalue weighted by molar-refractivity contribution is 9.10. The maximum Gasteiger partial charge on any atom is 0.242 e. The molecule has 19 heavy (non-hydrogen) atoms. The van der Waals surface area contributed by atoms with Crippen LogP contribution in [0.25, 0.3) is 0 Å². The van der Waals surface area contributed by atoms with E-state index in [2.05, 4.69) is 26.9 Å². The van der Waals surface area contributed by atoms with Gasteiger partial charge in [0.1, 0.15) is 4.90 Å². The van der Waals surface area contributed by atoms with Crippen LogP contribution in [0.4, 0.5) is 5.69 Å². The third-order valence-electron chi connectivity index (χ3n) is 2.58. The number of nitrogens with two attached hydrogens (primary N) is 1. The SMILES string of the molecule is CSCCCCCNS(=O)(=O)c1cc(Br)ccc1N. The van der Waals surface area contributed by atoms with Crippen LogP contribution >= 0.6 is 27.7 Å². The molecule has 0 aliphatic rings. The normalized spacial score (nSPS) is 11.7. The molecule has 108 valence electrons. The van der Waals surface area contributed by atoms with Crippen molar-refractivity contribution in [3.63, 3.8) is 0 Å². The molecule has 7 heteroatoms. The first kappa shape index (κ1) is 16.8. The summed E-state index contributed by atoms with van der Waals surface area (Å²) in [6.45, 7) is 0.447. The highest BCUT2D eigenvalue weighted by Gasteiger charge is 2.16. The third-order valence-corrected chi connectivity index (χ3v) is 5.29. The molecule has 0 saturated carbocycles. The van der Waals surface area contributed by atoms with Crippen molar-refractivity contribution >= 4 is 43.4 Å². The molecule has 0 aliphatic carbocycles. The second-order valence-electron chi connectivity index (χ2n) is 4.13. The number of thioether (sulfide) groups is 1. The number of hydrogen-bond acceptors (Lipinski definition) is 4. The molecule has 1 aromatic rings. The van der Waals surface area contributed by atoms with Gasteiger partial charge in [-0.2, -0.15) is 11.8 Å². The van der Waals surface area contributed by atoms with Gasteiger partial charge in [-0.3, -0.25) is 0 Å². The molecule has 0 aliphatic heterocycles. The number of hydrogen-bond donors (Lipinski definition) is 2. The average Bonchev–Trinajstić information content (AvgIpc) is 2.36. The Kier molecular flexibility index (Phi) is 7.20. The Morgan fingerprint density at radius 3 is 2.74 bits per heavy atom. The van der Waals surface area contributed by atoms with Crippen LogP contribution in [0.15, 0.2) is 27.6 Å². The van der Waals surface area contributed by atoms with E-state index in [0.717, 1.165) is 25.0 Å². The number of nitrogen functional groups attached to an aromatic ring is 1. The van der Waals surface area contributed by atoms with E-state index in [9.17, 15) is 8.42 Å². The second kappa shape index (κ2) is 8.14. The van der Waals surface area contributed by atoms with Gasteiger partial charge in [0.05, 0.1) is 5.69 Å². The van der Waals surface area contributed by atoms with Crippen molar-refractivity contribution in [2.75, 3.05) is 24.3 Å². The van der Waals surface area contributed by atoms with Crippen molar-refractivity contribution in [1.29, 1.82) is 0 Å². The summed E-state index contributed by atoms with van der Waals surface area (Å²) in [6.07, 6.45) is 5.05. The Balaban J connectivity index is 2.54. The predicted octanol–water partition coefficient (Wildman–Crippen LogP) is 2.84. The van der Waals surface area contributed by atoms with Gasteiger partial charge in [0.15, 0.2) is 0 Å². The second-order valence-corrected chi connectivity index (χ2v) is 7.77. The molecule has 3 N–H and O–H groups in total. The van der Waals surface area contributed by atoms with E-state index < -0.39 is 10.0 Å². The molecule has 0 bridgehead atoms. The summed E-state index contributed by atoms with van der Waals surface area (Å²) in [6, 6.07) is 4.82. The first-order valence-corrected chi connectivity index (χ1v) is 9.68. The van der Waals surface area contributed by atoms with Crippen LogP contribution in [0.2, 0.25) is 0 Å². The van der Waals surface area contributed by atoms with E-state index in [1.54, 1.807) is 23.9 Å². The number of halogens is 1. The van der Waals surface area contributed by atoms with Gasteiger partial charge in [-0.25, -0.2) is 13.1 Å². The fourth-order valence-electron chi connectivity index (χ4n) is 1.57. The average molecular weight is 367 g/mol. The lowest BCUT2D eigenvalue weighted by molar-refractivity contribution is 0.576. The maximum absolute atomic E-state index is 12.1. The fraction of sp³-hybridized carbons (Fsp3) is 0.500. The van der Waals surface area contributed by atoms with Gasteiger partial charge >= 0.3 is 0 Å². The molecule has 0 unspecified atom stereocenters. The quantitative estimate of drug-likeness (QED) is 0.548. The molecule has 0 spiro atoms. The topological polar surface area (TPSA) is 72.2 Å². The maximum atomic E-state index is 12.1. The lowest BCUT2D eigenvalue weighted by Crippen LogP contribution is -2.25. The number of rotatable bonds is 8. The van der Waals surface area contributed by atoms with Crippen LogP contribution < -0.4 is 10.5 Å². The molecule has 0 saturated heterocycles. The zero-order valence-electron chi connectivity index (χ0n) is 10.9. The Hall–Kier alpha value is -0.240. The van der Waals surface area contributed by atoms with E-state index >= 15 is 0 Å². The van der Waals surface area contributed by atoms with E-state index in [0.29, 0.717) is 11.0 Å². The monoisotopic (exact) mass is 366 g/mol. The summed E-state index contributed by atoms with van der Waals surface area (Å²) in [7, 11) is -3.52. The summed E-state index contributed by atoms with van der Waals surface area (Å²) in [4.78, 5) is 0.131. The minimum absolute atomic E-state index is 0.131. The molecular weight excluding hydrogens is 348 g/mol. The van der Waals surface area contributed by atoms with Crippen molar-refractivity contribution in [2.45, 2.75) is 24.2 Å². The first-order valence-electron chi connectivity index (χ1n) is 6.01. The molecule has 1 aromatic carbocycles. The third kappa shape index (κ3) is 5.72. The minimum atomic E-state index is -3.52. The molecular formula is C12H19BrN2O2S2. The van der Waals surface area contributed by atoms with Crippen LogP contribution in [0.3, 0.4) is 0 Å². The first-order chi connectivity index (χ1) is 8.97. The number of sulfonamides is 1. The van der Waals surface area contributed by atoms with Crippen LogP contribution in [0.1, 0.15) is 19.3 Å². The predicted molar refractivity (Wildman–Crippen MR) is 86.0 cm³/mol. The molecule has 0 atom stereocenters. The molecule has 0 fully saturated rings. The molecule has 0 heterocycles. The highest BCUT2D eigenvalue weighted by atomic mass is 79.9. The Morgan fingerprint density at radius 1 is 1.32 bits per heavy atom. The molecule has 1 rings (SSSR count). The van der Waals surface area contributed by atoms with Crippen LogP contribution in [-0.4, -0.2) is 27.0 Å². The van der Waals surface area contributed by atoms with Gasteiger partial charge in [-0.1, -0.05) is 22.4 Å². The van der Waals surface area contributed by atoms with Crippen LogP contribution in [0, 0.1) is 0 Å². The largest absolute Gasteiger partial charge is 0.398 e. The van der Waals surface area contributed by atoms with Crippen molar-refractivity contribution in [2.24, 2.45) is 0 Å². The fourth-order valence-corrected chi connectivity index (χ4v) is 3.81. The minimum Gasteiger partial charge on any atom is -0.398 e. The van der Waals surface area contributed by atoms with Gasteiger partial charge in [0.25, 0.3) is 0 Å².